The van der Waals surface area contributed by atoms with Gasteiger partial charge in [0.2, 0.25) is 11.8 Å². The van der Waals surface area contributed by atoms with Gasteiger partial charge in [-0.2, -0.15) is 5.10 Å². The molecule has 2 rings (SSSR count). The Labute approximate surface area is 86.6 Å². The van der Waals surface area contributed by atoms with Gasteiger partial charge >= 0.3 is 0 Å². The molecule has 0 aromatic carbocycles. The van der Waals surface area contributed by atoms with Gasteiger partial charge in [-0.3, -0.25) is 14.3 Å². The van der Waals surface area contributed by atoms with E-state index in [1.165, 1.54) is 0 Å². The highest BCUT2D eigenvalue weighted by Crippen LogP contribution is 2.10. The average Bonchev–Trinajstić information content (AvgIpc) is 2.75. The molecule has 1 atom stereocenters. The van der Waals surface area contributed by atoms with Crippen LogP contribution in [0.15, 0.2) is 12.4 Å². The summed E-state index contributed by atoms with van der Waals surface area (Å²) < 4.78 is 1.60. The summed E-state index contributed by atoms with van der Waals surface area (Å²) >= 11 is 0. The van der Waals surface area contributed by atoms with Crippen molar-refractivity contribution in [3.63, 3.8) is 0 Å². The molecule has 0 saturated carbocycles. The molecular formula is C9H12N4O2. The number of nitrogens with zero attached hydrogens (tertiary/aromatic N) is 2. The lowest BCUT2D eigenvalue weighted by atomic mass is 10.2. The Hall–Kier alpha value is -1.85. The zero-order valence-corrected chi connectivity index (χ0v) is 8.36. The minimum Gasteiger partial charge on any atom is -0.344 e. The molecular weight excluding hydrogens is 196 g/mol. The van der Waals surface area contributed by atoms with Gasteiger partial charge in [0, 0.05) is 19.7 Å². The number of aryl methyl sites for hydroxylation is 1. The van der Waals surface area contributed by atoms with E-state index < -0.39 is 6.04 Å². The van der Waals surface area contributed by atoms with Gasteiger partial charge in [-0.25, -0.2) is 0 Å². The largest absolute Gasteiger partial charge is 0.344 e. The number of aromatic nitrogens is 2. The zero-order chi connectivity index (χ0) is 10.8. The van der Waals surface area contributed by atoms with E-state index in [0.29, 0.717) is 18.5 Å². The van der Waals surface area contributed by atoms with Crippen LogP contribution in [0.3, 0.4) is 0 Å². The van der Waals surface area contributed by atoms with Crippen LogP contribution < -0.4 is 10.6 Å². The minimum atomic E-state index is -0.405. The third kappa shape index (κ3) is 2.15. The Bertz CT molecular complexity index is 399. The topological polar surface area (TPSA) is 76.0 Å². The van der Waals surface area contributed by atoms with Gasteiger partial charge in [-0.15, -0.1) is 0 Å². The summed E-state index contributed by atoms with van der Waals surface area (Å²) in [5.74, 6) is -0.254. The second kappa shape index (κ2) is 3.72. The molecule has 0 radical (unpaired) electrons. The Morgan fingerprint density at radius 1 is 1.73 bits per heavy atom. The highest BCUT2D eigenvalue weighted by Gasteiger charge is 2.27. The maximum atomic E-state index is 11.6. The molecule has 6 nitrogen and oxygen atoms in total. The number of nitrogens with one attached hydrogen (secondary N) is 2. The van der Waals surface area contributed by atoms with E-state index in [9.17, 15) is 9.59 Å². The summed E-state index contributed by atoms with van der Waals surface area (Å²) in [6.45, 7) is 0. The van der Waals surface area contributed by atoms with E-state index in [2.05, 4.69) is 15.7 Å². The maximum Gasteiger partial charge on any atom is 0.247 e. The van der Waals surface area contributed by atoms with Crippen molar-refractivity contribution < 1.29 is 9.59 Å². The van der Waals surface area contributed by atoms with E-state index in [0.717, 1.165) is 0 Å². The first-order valence-corrected chi connectivity index (χ1v) is 4.74. The van der Waals surface area contributed by atoms with Crippen molar-refractivity contribution in [1.29, 1.82) is 0 Å². The van der Waals surface area contributed by atoms with Crippen LogP contribution in [0.1, 0.15) is 12.8 Å². The lowest BCUT2D eigenvalue weighted by Crippen LogP contribution is -2.37. The van der Waals surface area contributed by atoms with Crippen molar-refractivity contribution in [1.82, 2.24) is 15.1 Å². The number of rotatable bonds is 2. The zero-order valence-electron chi connectivity index (χ0n) is 8.36. The molecule has 80 valence electrons. The van der Waals surface area contributed by atoms with E-state index in [1.807, 2.05) is 0 Å². The van der Waals surface area contributed by atoms with Crippen LogP contribution in [0.5, 0.6) is 0 Å². The van der Waals surface area contributed by atoms with Crippen molar-refractivity contribution in [3.8, 4) is 0 Å². The number of hydrogen-bond acceptors (Lipinski definition) is 3. The SMILES string of the molecule is Cn1cc(NC(=O)C2CCC(=O)N2)cn1. The van der Waals surface area contributed by atoms with E-state index in [-0.39, 0.29) is 11.8 Å². The highest BCUT2D eigenvalue weighted by atomic mass is 16.2. The Kier molecular flexibility index (Phi) is 2.40. The summed E-state index contributed by atoms with van der Waals surface area (Å²) in [6, 6.07) is -0.405. The predicted octanol–water partition coefficient (Wildman–Crippen LogP) is -0.363. The van der Waals surface area contributed by atoms with Gasteiger partial charge in [0.05, 0.1) is 11.9 Å². The van der Waals surface area contributed by atoms with Crippen LogP contribution in [0, 0.1) is 0 Å². The van der Waals surface area contributed by atoms with Gasteiger partial charge in [-0.05, 0) is 6.42 Å². The molecule has 2 amide bonds. The van der Waals surface area contributed by atoms with Gasteiger partial charge in [0.25, 0.3) is 0 Å². The van der Waals surface area contributed by atoms with E-state index in [4.69, 9.17) is 0 Å². The van der Waals surface area contributed by atoms with Crippen molar-refractivity contribution in [2.24, 2.45) is 7.05 Å². The summed E-state index contributed by atoms with van der Waals surface area (Å²) in [5, 5.41) is 9.22. The van der Waals surface area contributed by atoms with Crippen LogP contribution >= 0.6 is 0 Å². The van der Waals surface area contributed by atoms with Crippen LogP contribution in [-0.4, -0.2) is 27.6 Å². The van der Waals surface area contributed by atoms with Crippen molar-refractivity contribution in [2.75, 3.05) is 5.32 Å². The second-order valence-corrected chi connectivity index (χ2v) is 3.55. The molecule has 1 fully saturated rings. The first-order chi connectivity index (χ1) is 7.15. The molecule has 1 aliphatic heterocycles. The Morgan fingerprint density at radius 3 is 3.07 bits per heavy atom. The van der Waals surface area contributed by atoms with Gasteiger partial charge < -0.3 is 10.6 Å². The van der Waals surface area contributed by atoms with Gasteiger partial charge in [0.1, 0.15) is 6.04 Å². The molecule has 15 heavy (non-hydrogen) atoms. The first kappa shape index (κ1) is 9.70. The quantitative estimate of drug-likeness (QED) is 0.696. The first-order valence-electron chi connectivity index (χ1n) is 4.74. The monoisotopic (exact) mass is 208 g/mol. The van der Waals surface area contributed by atoms with Crippen LogP contribution in [0.2, 0.25) is 0 Å². The second-order valence-electron chi connectivity index (χ2n) is 3.55. The summed E-state index contributed by atoms with van der Waals surface area (Å²) in [6.07, 6.45) is 4.25. The summed E-state index contributed by atoms with van der Waals surface area (Å²) in [7, 11) is 1.77. The third-order valence-electron chi connectivity index (χ3n) is 2.28. The normalized spacial score (nSPS) is 20.1. The number of anilines is 1. The molecule has 0 spiro atoms. The summed E-state index contributed by atoms with van der Waals surface area (Å²) in [5.41, 5.74) is 0.642. The maximum absolute atomic E-state index is 11.6. The Morgan fingerprint density at radius 2 is 2.53 bits per heavy atom. The lowest BCUT2D eigenvalue weighted by Gasteiger charge is -2.08. The molecule has 6 heteroatoms. The molecule has 1 aromatic rings. The fourth-order valence-corrected chi connectivity index (χ4v) is 1.53. The Balaban J connectivity index is 1.95. The number of carbonyl (C=O) groups is 2. The molecule has 2 heterocycles. The van der Waals surface area contributed by atoms with Crippen molar-refractivity contribution in [2.45, 2.75) is 18.9 Å². The third-order valence-corrected chi connectivity index (χ3v) is 2.28. The van der Waals surface area contributed by atoms with Crippen LogP contribution in [-0.2, 0) is 16.6 Å². The smallest absolute Gasteiger partial charge is 0.247 e. The number of hydrogen-bond donors (Lipinski definition) is 2. The standard InChI is InChI=1S/C9H12N4O2/c1-13-5-6(4-10-13)11-9(15)7-2-3-8(14)12-7/h4-5,7H,2-3H2,1H3,(H,11,15)(H,12,14). The molecule has 1 saturated heterocycles. The fraction of sp³-hybridized carbons (Fsp3) is 0.444. The molecule has 1 unspecified atom stereocenters. The highest BCUT2D eigenvalue weighted by molar-refractivity contribution is 5.98. The minimum absolute atomic E-state index is 0.0682. The predicted molar refractivity (Wildman–Crippen MR) is 53.0 cm³/mol. The molecule has 2 N–H and O–H groups in total. The molecule has 0 bridgehead atoms. The summed E-state index contributed by atoms with van der Waals surface area (Å²) in [4.78, 5) is 22.5. The average molecular weight is 208 g/mol. The lowest BCUT2D eigenvalue weighted by molar-refractivity contribution is -0.122. The molecule has 1 aromatic heterocycles. The van der Waals surface area contributed by atoms with Crippen molar-refractivity contribution >= 4 is 17.5 Å². The van der Waals surface area contributed by atoms with Crippen LogP contribution in [0.25, 0.3) is 0 Å². The number of amides is 2. The van der Waals surface area contributed by atoms with E-state index in [1.54, 1.807) is 24.1 Å². The number of carbonyl (C=O) groups excluding carboxylic acids is 2. The van der Waals surface area contributed by atoms with Crippen LogP contribution in [0.4, 0.5) is 5.69 Å². The molecule has 0 aliphatic carbocycles. The van der Waals surface area contributed by atoms with E-state index >= 15 is 0 Å². The van der Waals surface area contributed by atoms with Crippen molar-refractivity contribution in [3.05, 3.63) is 12.4 Å². The van der Waals surface area contributed by atoms with Gasteiger partial charge in [0.15, 0.2) is 0 Å². The van der Waals surface area contributed by atoms with Gasteiger partial charge in [-0.1, -0.05) is 0 Å². The fourth-order valence-electron chi connectivity index (χ4n) is 1.53. The molecule has 1 aliphatic rings.